The van der Waals surface area contributed by atoms with Gasteiger partial charge in [0.1, 0.15) is 0 Å². The second-order valence-corrected chi connectivity index (χ2v) is 5.86. The van der Waals surface area contributed by atoms with E-state index in [4.69, 9.17) is 5.11 Å². The van der Waals surface area contributed by atoms with Crippen LogP contribution in [0.25, 0.3) is 0 Å². The Balaban J connectivity index is 2.01. The van der Waals surface area contributed by atoms with Crippen LogP contribution in [-0.4, -0.2) is 22.5 Å². The first-order valence-corrected chi connectivity index (χ1v) is 6.99. The highest BCUT2D eigenvalue weighted by Crippen LogP contribution is 2.35. The van der Waals surface area contributed by atoms with Crippen molar-refractivity contribution in [2.24, 2.45) is 0 Å². The van der Waals surface area contributed by atoms with Crippen molar-refractivity contribution in [1.29, 1.82) is 0 Å². The fourth-order valence-electron chi connectivity index (χ4n) is 2.74. The number of rotatable bonds is 5. The van der Waals surface area contributed by atoms with E-state index >= 15 is 0 Å². The number of amides is 1. The standard InChI is InChI=1S/C16H21NO3/c1-11-4-5-12(2)13(8-11)9-14(18)17-16(6-3-7-16)10-15(19)20/h4-5,8H,3,6-7,9-10H2,1-2H3,(H,17,18)(H,19,20). The average molecular weight is 275 g/mol. The number of nitrogens with one attached hydrogen (secondary N) is 1. The maximum atomic E-state index is 12.2. The first kappa shape index (κ1) is 14.6. The molecule has 4 heteroatoms. The van der Waals surface area contributed by atoms with Crippen molar-refractivity contribution in [1.82, 2.24) is 5.32 Å². The molecule has 2 N–H and O–H groups in total. The number of benzene rings is 1. The Labute approximate surface area is 119 Å². The molecule has 0 saturated heterocycles. The van der Waals surface area contributed by atoms with Crippen molar-refractivity contribution in [3.05, 3.63) is 34.9 Å². The molecule has 1 aromatic rings. The summed E-state index contributed by atoms with van der Waals surface area (Å²) in [7, 11) is 0. The summed E-state index contributed by atoms with van der Waals surface area (Å²) in [6.45, 7) is 3.98. The Morgan fingerprint density at radius 2 is 2.00 bits per heavy atom. The second-order valence-electron chi connectivity index (χ2n) is 5.86. The fourth-order valence-corrected chi connectivity index (χ4v) is 2.74. The van der Waals surface area contributed by atoms with Gasteiger partial charge in [-0.15, -0.1) is 0 Å². The summed E-state index contributed by atoms with van der Waals surface area (Å²) >= 11 is 0. The van der Waals surface area contributed by atoms with E-state index in [1.165, 1.54) is 0 Å². The van der Waals surface area contributed by atoms with Gasteiger partial charge in [-0.1, -0.05) is 23.8 Å². The monoisotopic (exact) mass is 275 g/mol. The molecule has 0 radical (unpaired) electrons. The molecular formula is C16H21NO3. The number of carbonyl (C=O) groups excluding carboxylic acids is 1. The number of hydrogen-bond acceptors (Lipinski definition) is 2. The molecule has 0 heterocycles. The van der Waals surface area contributed by atoms with E-state index in [1.54, 1.807) is 0 Å². The zero-order valence-corrected chi connectivity index (χ0v) is 12.0. The minimum absolute atomic E-state index is 0.0194. The average Bonchev–Trinajstić information content (AvgIpc) is 2.30. The molecule has 4 nitrogen and oxygen atoms in total. The van der Waals surface area contributed by atoms with Gasteiger partial charge >= 0.3 is 5.97 Å². The molecule has 2 rings (SSSR count). The van der Waals surface area contributed by atoms with Crippen LogP contribution in [-0.2, 0) is 16.0 Å². The molecule has 0 aromatic heterocycles. The minimum Gasteiger partial charge on any atom is -0.481 e. The number of hydrogen-bond donors (Lipinski definition) is 2. The molecule has 0 aliphatic heterocycles. The predicted octanol–water partition coefficient (Wildman–Crippen LogP) is 2.36. The molecule has 1 saturated carbocycles. The molecule has 0 unspecified atom stereocenters. The molecule has 20 heavy (non-hydrogen) atoms. The zero-order valence-electron chi connectivity index (χ0n) is 12.0. The number of carbonyl (C=O) groups is 2. The van der Waals surface area contributed by atoms with Crippen LogP contribution in [0.15, 0.2) is 18.2 Å². The number of aryl methyl sites for hydroxylation is 2. The van der Waals surface area contributed by atoms with Gasteiger partial charge in [0.15, 0.2) is 0 Å². The number of carboxylic acid groups (broad SMARTS) is 1. The van der Waals surface area contributed by atoms with Gasteiger partial charge in [0.25, 0.3) is 0 Å². The topological polar surface area (TPSA) is 66.4 Å². The van der Waals surface area contributed by atoms with Crippen LogP contribution in [0.2, 0.25) is 0 Å². The number of aliphatic carboxylic acids is 1. The third kappa shape index (κ3) is 3.38. The predicted molar refractivity (Wildman–Crippen MR) is 76.6 cm³/mol. The van der Waals surface area contributed by atoms with E-state index in [-0.39, 0.29) is 12.3 Å². The molecule has 1 fully saturated rings. The lowest BCUT2D eigenvalue weighted by Gasteiger charge is -2.41. The summed E-state index contributed by atoms with van der Waals surface area (Å²) in [6.07, 6.45) is 2.84. The normalized spacial score (nSPS) is 16.3. The Hall–Kier alpha value is -1.84. The van der Waals surface area contributed by atoms with Crippen molar-refractivity contribution in [2.75, 3.05) is 0 Å². The molecule has 0 bridgehead atoms. The van der Waals surface area contributed by atoms with Gasteiger partial charge in [0, 0.05) is 0 Å². The lowest BCUT2D eigenvalue weighted by molar-refractivity contribution is -0.140. The van der Waals surface area contributed by atoms with Crippen LogP contribution >= 0.6 is 0 Å². The maximum absolute atomic E-state index is 12.2. The molecule has 0 spiro atoms. The first-order valence-electron chi connectivity index (χ1n) is 6.99. The third-order valence-corrected chi connectivity index (χ3v) is 4.06. The lowest BCUT2D eigenvalue weighted by atomic mass is 9.74. The van der Waals surface area contributed by atoms with Gasteiger partial charge in [-0.05, 0) is 44.2 Å². The fraction of sp³-hybridized carbons (Fsp3) is 0.500. The van der Waals surface area contributed by atoms with Gasteiger partial charge < -0.3 is 10.4 Å². The second kappa shape index (κ2) is 5.65. The van der Waals surface area contributed by atoms with Crippen molar-refractivity contribution in [2.45, 2.75) is 51.5 Å². The molecule has 0 atom stereocenters. The summed E-state index contributed by atoms with van der Waals surface area (Å²) in [6, 6.07) is 6.04. The molecule has 1 aliphatic rings. The lowest BCUT2D eigenvalue weighted by Crippen LogP contribution is -2.55. The van der Waals surface area contributed by atoms with Gasteiger partial charge in [0.2, 0.25) is 5.91 Å². The SMILES string of the molecule is Cc1ccc(C)c(CC(=O)NC2(CC(=O)O)CCC2)c1. The Kier molecular flexibility index (Phi) is 4.12. The molecule has 108 valence electrons. The first-order chi connectivity index (χ1) is 9.40. The van der Waals surface area contributed by atoms with Crippen LogP contribution < -0.4 is 5.32 Å². The quantitative estimate of drug-likeness (QED) is 0.867. The van der Waals surface area contributed by atoms with E-state index in [1.807, 2.05) is 32.0 Å². The van der Waals surface area contributed by atoms with Gasteiger partial charge in [-0.2, -0.15) is 0 Å². The molecular weight excluding hydrogens is 254 g/mol. The summed E-state index contributed by atoms with van der Waals surface area (Å²) in [5.41, 5.74) is 2.71. The molecule has 1 amide bonds. The van der Waals surface area contributed by atoms with Crippen molar-refractivity contribution in [3.63, 3.8) is 0 Å². The largest absolute Gasteiger partial charge is 0.481 e. The highest BCUT2D eigenvalue weighted by atomic mass is 16.4. The summed E-state index contributed by atoms with van der Waals surface area (Å²) < 4.78 is 0. The molecule has 1 aliphatic carbocycles. The minimum atomic E-state index is -0.850. The van der Waals surface area contributed by atoms with Crippen LogP contribution in [0, 0.1) is 13.8 Å². The van der Waals surface area contributed by atoms with Crippen LogP contribution in [0.1, 0.15) is 42.4 Å². The van der Waals surface area contributed by atoms with Crippen molar-refractivity contribution in [3.8, 4) is 0 Å². The summed E-state index contributed by atoms with van der Waals surface area (Å²) in [5.74, 6) is -0.934. The van der Waals surface area contributed by atoms with Crippen LogP contribution in [0.5, 0.6) is 0 Å². The van der Waals surface area contributed by atoms with Gasteiger partial charge in [-0.3, -0.25) is 9.59 Å². The van der Waals surface area contributed by atoms with Crippen LogP contribution in [0.4, 0.5) is 0 Å². The Morgan fingerprint density at radius 3 is 2.55 bits per heavy atom. The van der Waals surface area contributed by atoms with Crippen molar-refractivity contribution >= 4 is 11.9 Å². The summed E-state index contributed by atoms with van der Waals surface area (Å²) in [5, 5.41) is 11.9. The smallest absolute Gasteiger partial charge is 0.305 e. The van der Waals surface area contributed by atoms with E-state index in [9.17, 15) is 9.59 Å². The Morgan fingerprint density at radius 1 is 1.30 bits per heavy atom. The zero-order chi connectivity index (χ0) is 14.8. The van der Waals surface area contributed by atoms with E-state index in [0.29, 0.717) is 6.42 Å². The van der Waals surface area contributed by atoms with E-state index in [2.05, 4.69) is 5.32 Å². The van der Waals surface area contributed by atoms with Gasteiger partial charge in [-0.25, -0.2) is 0 Å². The maximum Gasteiger partial charge on any atom is 0.305 e. The number of carboxylic acids is 1. The molecule has 1 aromatic carbocycles. The third-order valence-electron chi connectivity index (χ3n) is 4.06. The highest BCUT2D eigenvalue weighted by Gasteiger charge is 2.40. The van der Waals surface area contributed by atoms with Crippen molar-refractivity contribution < 1.29 is 14.7 Å². The summed E-state index contributed by atoms with van der Waals surface area (Å²) in [4.78, 5) is 23.1. The Bertz CT molecular complexity index is 533. The van der Waals surface area contributed by atoms with E-state index in [0.717, 1.165) is 36.0 Å². The van der Waals surface area contributed by atoms with Gasteiger partial charge in [0.05, 0.1) is 18.4 Å². The van der Waals surface area contributed by atoms with Crippen LogP contribution in [0.3, 0.4) is 0 Å². The van der Waals surface area contributed by atoms with E-state index < -0.39 is 11.5 Å². The highest BCUT2D eigenvalue weighted by molar-refractivity contribution is 5.81.